The molecule has 1 unspecified atom stereocenters. The van der Waals surface area contributed by atoms with Crippen molar-refractivity contribution in [2.24, 2.45) is 0 Å². The number of ketones is 1. The topological polar surface area (TPSA) is 77.5 Å². The molecular weight excluding hydrogens is 280 g/mol. The summed E-state index contributed by atoms with van der Waals surface area (Å²) in [7, 11) is -3.52. The maximum Gasteiger partial charge on any atom is 0.340 e. The zero-order chi connectivity index (χ0) is 14.8. The van der Waals surface area contributed by atoms with E-state index in [-0.39, 0.29) is 16.2 Å². The summed E-state index contributed by atoms with van der Waals surface area (Å²) in [5.41, 5.74) is -0.0200. The minimum absolute atomic E-state index is 0.0200. The zero-order valence-electron chi connectivity index (χ0n) is 11.2. The zero-order valence-corrected chi connectivity index (χ0v) is 12.0. The molecule has 0 aromatic heterocycles. The summed E-state index contributed by atoms with van der Waals surface area (Å²) in [6.07, 6.45) is 2.84. The number of rotatable bonds is 3. The van der Waals surface area contributed by atoms with Crippen LogP contribution in [0.4, 0.5) is 0 Å². The van der Waals surface area contributed by atoms with Gasteiger partial charge in [-0.3, -0.25) is 4.79 Å². The first-order chi connectivity index (χ1) is 9.39. The molecular formula is C14H16O5S. The number of carbonyl (C=O) groups is 2. The van der Waals surface area contributed by atoms with Crippen LogP contribution in [0.3, 0.4) is 0 Å². The van der Waals surface area contributed by atoms with Crippen molar-refractivity contribution in [1.29, 1.82) is 0 Å². The van der Waals surface area contributed by atoms with Gasteiger partial charge in [0.05, 0.1) is 10.5 Å². The second kappa shape index (κ2) is 5.75. The number of carbonyl (C=O) groups excluding carboxylic acids is 2. The van der Waals surface area contributed by atoms with Crippen molar-refractivity contribution in [1.82, 2.24) is 0 Å². The average Bonchev–Trinajstić information content (AvgIpc) is 2.40. The summed E-state index contributed by atoms with van der Waals surface area (Å²) in [6.45, 7) is 0. The van der Waals surface area contributed by atoms with E-state index in [0.717, 1.165) is 19.1 Å². The van der Waals surface area contributed by atoms with Crippen molar-refractivity contribution in [3.63, 3.8) is 0 Å². The number of hydrogen-bond donors (Lipinski definition) is 0. The SMILES string of the molecule is CS(=O)(=O)c1ccccc1C(=O)OC1CCCCC1=O. The predicted octanol–water partition coefficient (Wildman–Crippen LogP) is 1.76. The van der Waals surface area contributed by atoms with E-state index in [0.29, 0.717) is 12.8 Å². The van der Waals surface area contributed by atoms with Crippen molar-refractivity contribution in [3.8, 4) is 0 Å². The van der Waals surface area contributed by atoms with Crippen molar-refractivity contribution in [2.75, 3.05) is 6.26 Å². The quantitative estimate of drug-likeness (QED) is 0.794. The highest BCUT2D eigenvalue weighted by atomic mass is 32.2. The summed E-state index contributed by atoms with van der Waals surface area (Å²) in [5.74, 6) is -0.854. The molecule has 0 aliphatic heterocycles. The van der Waals surface area contributed by atoms with E-state index in [1.807, 2.05) is 0 Å². The highest BCUT2D eigenvalue weighted by molar-refractivity contribution is 7.90. The van der Waals surface area contributed by atoms with E-state index >= 15 is 0 Å². The fourth-order valence-electron chi connectivity index (χ4n) is 2.23. The third-order valence-electron chi connectivity index (χ3n) is 3.25. The molecule has 2 rings (SSSR count). The van der Waals surface area contributed by atoms with Gasteiger partial charge in [0.15, 0.2) is 21.7 Å². The van der Waals surface area contributed by atoms with Gasteiger partial charge in [-0.05, 0) is 31.4 Å². The van der Waals surface area contributed by atoms with E-state index in [1.165, 1.54) is 12.1 Å². The smallest absolute Gasteiger partial charge is 0.340 e. The second-order valence-electron chi connectivity index (χ2n) is 4.87. The van der Waals surface area contributed by atoms with Gasteiger partial charge in [-0.15, -0.1) is 0 Å². The fraction of sp³-hybridized carbons (Fsp3) is 0.429. The van der Waals surface area contributed by atoms with Gasteiger partial charge in [-0.25, -0.2) is 13.2 Å². The number of esters is 1. The van der Waals surface area contributed by atoms with Gasteiger partial charge in [0.2, 0.25) is 0 Å². The number of Topliss-reactive ketones (excluding diaryl/α,β-unsaturated/α-hetero) is 1. The van der Waals surface area contributed by atoms with Crippen LogP contribution < -0.4 is 0 Å². The number of ether oxygens (including phenoxy) is 1. The molecule has 1 aromatic carbocycles. The molecule has 1 atom stereocenters. The van der Waals surface area contributed by atoms with Crippen molar-refractivity contribution >= 4 is 21.6 Å². The van der Waals surface area contributed by atoms with Crippen LogP contribution >= 0.6 is 0 Å². The standard InChI is InChI=1S/C14H16O5S/c1-20(17,18)13-9-5-2-6-10(13)14(16)19-12-8-4-3-7-11(12)15/h2,5-6,9,12H,3-4,7-8H2,1H3. The van der Waals surface area contributed by atoms with E-state index < -0.39 is 21.9 Å². The molecule has 6 heteroatoms. The molecule has 0 radical (unpaired) electrons. The molecule has 0 bridgehead atoms. The van der Waals surface area contributed by atoms with Crippen LogP contribution in [0.25, 0.3) is 0 Å². The highest BCUT2D eigenvalue weighted by Gasteiger charge is 2.28. The Balaban J connectivity index is 2.24. The van der Waals surface area contributed by atoms with Gasteiger partial charge in [0.25, 0.3) is 0 Å². The lowest BCUT2D eigenvalue weighted by Gasteiger charge is -2.21. The first kappa shape index (κ1) is 14.7. The molecule has 0 heterocycles. The number of sulfone groups is 1. The van der Waals surface area contributed by atoms with Crippen LogP contribution in [0.15, 0.2) is 29.2 Å². The van der Waals surface area contributed by atoms with Gasteiger partial charge >= 0.3 is 5.97 Å². The van der Waals surface area contributed by atoms with E-state index in [2.05, 4.69) is 0 Å². The monoisotopic (exact) mass is 296 g/mol. The van der Waals surface area contributed by atoms with Gasteiger partial charge < -0.3 is 4.74 Å². The molecule has 108 valence electrons. The lowest BCUT2D eigenvalue weighted by molar-refractivity contribution is -0.129. The molecule has 1 aliphatic carbocycles. The summed E-state index contributed by atoms with van der Waals surface area (Å²) in [5, 5.41) is 0. The summed E-state index contributed by atoms with van der Waals surface area (Å²) >= 11 is 0. The summed E-state index contributed by atoms with van der Waals surface area (Å²) in [6, 6.07) is 5.85. The predicted molar refractivity (Wildman–Crippen MR) is 72.2 cm³/mol. The van der Waals surface area contributed by atoms with Crippen molar-refractivity contribution in [2.45, 2.75) is 36.7 Å². The third-order valence-corrected chi connectivity index (χ3v) is 4.41. The summed E-state index contributed by atoms with van der Waals surface area (Å²) < 4.78 is 28.5. The Kier molecular flexibility index (Phi) is 4.23. The molecule has 1 fully saturated rings. The Morgan fingerprint density at radius 1 is 1.25 bits per heavy atom. The molecule has 1 aromatic rings. The molecule has 0 amide bonds. The molecule has 5 nitrogen and oxygen atoms in total. The Labute approximate surface area is 117 Å². The maximum absolute atomic E-state index is 12.1. The Morgan fingerprint density at radius 2 is 1.95 bits per heavy atom. The molecule has 20 heavy (non-hydrogen) atoms. The molecule has 0 saturated heterocycles. The van der Waals surface area contributed by atoms with Gasteiger partial charge in [-0.2, -0.15) is 0 Å². The Bertz CT molecular complexity index is 633. The van der Waals surface area contributed by atoms with E-state index in [9.17, 15) is 18.0 Å². The van der Waals surface area contributed by atoms with Gasteiger partial charge in [0, 0.05) is 12.7 Å². The van der Waals surface area contributed by atoms with E-state index in [1.54, 1.807) is 12.1 Å². The summed E-state index contributed by atoms with van der Waals surface area (Å²) in [4.78, 5) is 23.7. The minimum atomic E-state index is -3.52. The van der Waals surface area contributed by atoms with Crippen molar-refractivity contribution < 1.29 is 22.7 Å². The second-order valence-corrected chi connectivity index (χ2v) is 6.86. The minimum Gasteiger partial charge on any atom is -0.451 e. The normalized spacial score (nSPS) is 19.6. The maximum atomic E-state index is 12.1. The van der Waals surface area contributed by atoms with Gasteiger partial charge in [-0.1, -0.05) is 12.1 Å². The molecule has 0 N–H and O–H groups in total. The number of hydrogen-bond acceptors (Lipinski definition) is 5. The third kappa shape index (κ3) is 3.25. The lowest BCUT2D eigenvalue weighted by atomic mass is 9.96. The number of benzene rings is 1. The first-order valence-corrected chi connectivity index (χ1v) is 8.31. The largest absolute Gasteiger partial charge is 0.451 e. The Hall–Kier alpha value is -1.69. The van der Waals surface area contributed by atoms with Crippen LogP contribution in [0, 0.1) is 0 Å². The van der Waals surface area contributed by atoms with E-state index in [4.69, 9.17) is 4.74 Å². The molecule has 1 saturated carbocycles. The fourth-order valence-corrected chi connectivity index (χ4v) is 3.10. The van der Waals surface area contributed by atoms with Crippen LogP contribution in [-0.2, 0) is 19.4 Å². The van der Waals surface area contributed by atoms with Crippen LogP contribution in [0.5, 0.6) is 0 Å². The first-order valence-electron chi connectivity index (χ1n) is 6.42. The molecule has 1 aliphatic rings. The van der Waals surface area contributed by atoms with Gasteiger partial charge in [0.1, 0.15) is 0 Å². The van der Waals surface area contributed by atoms with Crippen molar-refractivity contribution in [3.05, 3.63) is 29.8 Å². The molecule has 0 spiro atoms. The van der Waals surface area contributed by atoms with Crippen LogP contribution in [0.2, 0.25) is 0 Å². The highest BCUT2D eigenvalue weighted by Crippen LogP contribution is 2.21. The Morgan fingerprint density at radius 3 is 2.60 bits per heavy atom. The van der Waals surface area contributed by atoms with Crippen LogP contribution in [-0.4, -0.2) is 32.5 Å². The van der Waals surface area contributed by atoms with Crippen LogP contribution in [0.1, 0.15) is 36.0 Å². The lowest BCUT2D eigenvalue weighted by Crippen LogP contribution is -2.30. The average molecular weight is 296 g/mol.